The van der Waals surface area contributed by atoms with Crippen molar-refractivity contribution in [2.45, 2.75) is 38.6 Å². The average molecular weight is 235 g/mol. The molecule has 0 saturated heterocycles. The Morgan fingerprint density at radius 2 is 2.29 bits per heavy atom. The number of halogens is 1. The Morgan fingerprint density at radius 3 is 2.94 bits per heavy atom. The van der Waals surface area contributed by atoms with E-state index in [1.54, 1.807) is 12.1 Å². The van der Waals surface area contributed by atoms with Gasteiger partial charge in [-0.15, -0.1) is 6.58 Å². The molecule has 1 rings (SSSR count). The molecule has 0 amide bonds. The van der Waals surface area contributed by atoms with Gasteiger partial charge in [-0.05, 0) is 49.9 Å². The summed E-state index contributed by atoms with van der Waals surface area (Å²) in [6.45, 7) is 6.78. The molecule has 0 aliphatic heterocycles. The van der Waals surface area contributed by atoms with Gasteiger partial charge in [0.25, 0.3) is 0 Å². The molecule has 1 atom stereocenters. The summed E-state index contributed by atoms with van der Waals surface area (Å²) in [5, 5.41) is 3.45. The lowest BCUT2D eigenvalue weighted by Crippen LogP contribution is -2.30. The first-order valence-electron chi connectivity index (χ1n) is 6.35. The van der Waals surface area contributed by atoms with Crippen LogP contribution in [0.5, 0.6) is 0 Å². The highest BCUT2D eigenvalue weighted by molar-refractivity contribution is 5.17. The minimum absolute atomic E-state index is 0.149. The molecule has 2 heteroatoms. The van der Waals surface area contributed by atoms with Crippen molar-refractivity contribution >= 4 is 0 Å². The fourth-order valence-electron chi connectivity index (χ4n) is 2.02. The maximum Gasteiger partial charge on any atom is 0.123 e. The summed E-state index contributed by atoms with van der Waals surface area (Å²) in [5.74, 6) is -0.149. The molecule has 0 aliphatic rings. The molecule has 0 aliphatic carbocycles. The van der Waals surface area contributed by atoms with Gasteiger partial charge in [0.1, 0.15) is 5.82 Å². The Hall–Kier alpha value is -1.15. The topological polar surface area (TPSA) is 12.0 Å². The first kappa shape index (κ1) is 13.9. The molecule has 1 aromatic carbocycles. The number of benzene rings is 1. The van der Waals surface area contributed by atoms with Crippen LogP contribution in [0.25, 0.3) is 0 Å². The summed E-state index contributed by atoms with van der Waals surface area (Å²) in [4.78, 5) is 0. The number of rotatable bonds is 8. The summed E-state index contributed by atoms with van der Waals surface area (Å²) in [5.41, 5.74) is 1.06. The number of hydrogen-bond acceptors (Lipinski definition) is 1. The van der Waals surface area contributed by atoms with Crippen LogP contribution in [-0.4, -0.2) is 12.6 Å². The summed E-state index contributed by atoms with van der Waals surface area (Å²) in [6.07, 6.45) is 6.13. The monoisotopic (exact) mass is 235 g/mol. The Kier molecular flexibility index (Phi) is 6.56. The summed E-state index contributed by atoms with van der Waals surface area (Å²) < 4.78 is 13.1. The number of likely N-dealkylation sites (N-methyl/N-ethyl adjacent to an activating group) is 1. The second-order valence-electron chi connectivity index (χ2n) is 4.31. The molecule has 0 spiro atoms. The van der Waals surface area contributed by atoms with Crippen molar-refractivity contribution in [2.75, 3.05) is 6.54 Å². The third kappa shape index (κ3) is 5.64. The van der Waals surface area contributed by atoms with Gasteiger partial charge in [-0.1, -0.05) is 25.1 Å². The average Bonchev–Trinajstić information content (AvgIpc) is 2.29. The van der Waals surface area contributed by atoms with E-state index in [1.807, 2.05) is 12.1 Å². The molecule has 1 nitrogen and oxygen atoms in total. The van der Waals surface area contributed by atoms with Gasteiger partial charge >= 0.3 is 0 Å². The normalized spacial score (nSPS) is 12.4. The quantitative estimate of drug-likeness (QED) is 0.535. The smallest absolute Gasteiger partial charge is 0.123 e. The number of nitrogens with one attached hydrogen (secondary N) is 1. The molecule has 0 radical (unpaired) electrons. The zero-order valence-corrected chi connectivity index (χ0v) is 10.6. The highest BCUT2D eigenvalue weighted by Gasteiger charge is 2.08. The van der Waals surface area contributed by atoms with E-state index in [-0.39, 0.29) is 5.82 Å². The first-order chi connectivity index (χ1) is 8.26. The second-order valence-corrected chi connectivity index (χ2v) is 4.31. The standard InChI is InChI=1S/C15H22FN/c1-3-5-6-10-15(17-4-2)12-13-8-7-9-14(16)11-13/h3,7-9,11,15,17H,1,4-6,10,12H2,2H3. The maximum atomic E-state index is 13.1. The van der Waals surface area contributed by atoms with Gasteiger partial charge in [-0.2, -0.15) is 0 Å². The lowest BCUT2D eigenvalue weighted by Gasteiger charge is -2.17. The van der Waals surface area contributed by atoms with Crippen LogP contribution in [0, 0.1) is 5.82 Å². The van der Waals surface area contributed by atoms with Crippen LogP contribution in [0.3, 0.4) is 0 Å². The lowest BCUT2D eigenvalue weighted by molar-refractivity contribution is 0.477. The van der Waals surface area contributed by atoms with E-state index in [0.717, 1.165) is 37.8 Å². The predicted molar refractivity (Wildman–Crippen MR) is 71.6 cm³/mol. The number of unbranched alkanes of at least 4 members (excludes halogenated alkanes) is 1. The number of hydrogen-bond donors (Lipinski definition) is 1. The van der Waals surface area contributed by atoms with Crippen LogP contribution in [0.4, 0.5) is 4.39 Å². The van der Waals surface area contributed by atoms with E-state index in [2.05, 4.69) is 18.8 Å². The van der Waals surface area contributed by atoms with Crippen molar-refractivity contribution in [1.29, 1.82) is 0 Å². The highest BCUT2D eigenvalue weighted by atomic mass is 19.1. The van der Waals surface area contributed by atoms with E-state index in [0.29, 0.717) is 6.04 Å². The minimum Gasteiger partial charge on any atom is -0.314 e. The van der Waals surface area contributed by atoms with Crippen LogP contribution in [0.15, 0.2) is 36.9 Å². The summed E-state index contributed by atoms with van der Waals surface area (Å²) in [7, 11) is 0. The van der Waals surface area contributed by atoms with E-state index in [1.165, 1.54) is 6.07 Å². The maximum absolute atomic E-state index is 13.1. The molecule has 0 fully saturated rings. The molecule has 94 valence electrons. The van der Waals surface area contributed by atoms with E-state index >= 15 is 0 Å². The molecule has 0 saturated carbocycles. The van der Waals surface area contributed by atoms with Crippen LogP contribution in [0.2, 0.25) is 0 Å². The van der Waals surface area contributed by atoms with Gasteiger partial charge in [0.2, 0.25) is 0 Å². The molecule has 0 aromatic heterocycles. The van der Waals surface area contributed by atoms with E-state index in [9.17, 15) is 4.39 Å². The molecule has 1 aromatic rings. The number of allylic oxidation sites excluding steroid dienone is 1. The van der Waals surface area contributed by atoms with Gasteiger partial charge in [0, 0.05) is 6.04 Å². The Bertz CT molecular complexity index is 335. The van der Waals surface area contributed by atoms with Gasteiger partial charge in [-0.25, -0.2) is 4.39 Å². The molecule has 17 heavy (non-hydrogen) atoms. The van der Waals surface area contributed by atoms with Crippen molar-refractivity contribution in [3.05, 3.63) is 48.3 Å². The zero-order chi connectivity index (χ0) is 12.5. The Morgan fingerprint density at radius 1 is 1.47 bits per heavy atom. The second kappa shape index (κ2) is 8.02. The molecule has 1 N–H and O–H groups in total. The van der Waals surface area contributed by atoms with Gasteiger partial charge in [0.15, 0.2) is 0 Å². The molecular formula is C15H22FN. The SMILES string of the molecule is C=CCCCC(Cc1cccc(F)c1)NCC. The van der Waals surface area contributed by atoms with Crippen molar-refractivity contribution in [2.24, 2.45) is 0 Å². The summed E-state index contributed by atoms with van der Waals surface area (Å²) in [6, 6.07) is 7.31. The van der Waals surface area contributed by atoms with Crippen molar-refractivity contribution in [3.63, 3.8) is 0 Å². The third-order valence-electron chi connectivity index (χ3n) is 2.82. The Labute approximate surface area is 104 Å². The van der Waals surface area contributed by atoms with Gasteiger partial charge in [0.05, 0.1) is 0 Å². The predicted octanol–water partition coefficient (Wildman–Crippen LogP) is 3.70. The van der Waals surface area contributed by atoms with Crippen molar-refractivity contribution in [1.82, 2.24) is 5.32 Å². The van der Waals surface area contributed by atoms with Crippen LogP contribution in [-0.2, 0) is 6.42 Å². The van der Waals surface area contributed by atoms with Gasteiger partial charge in [-0.3, -0.25) is 0 Å². The van der Waals surface area contributed by atoms with Crippen LogP contribution in [0.1, 0.15) is 31.7 Å². The fourth-order valence-corrected chi connectivity index (χ4v) is 2.02. The molecule has 1 unspecified atom stereocenters. The van der Waals surface area contributed by atoms with Crippen molar-refractivity contribution < 1.29 is 4.39 Å². The van der Waals surface area contributed by atoms with Crippen LogP contribution >= 0.6 is 0 Å². The third-order valence-corrected chi connectivity index (χ3v) is 2.82. The molecule has 0 heterocycles. The molecular weight excluding hydrogens is 213 g/mol. The van der Waals surface area contributed by atoms with Crippen molar-refractivity contribution in [3.8, 4) is 0 Å². The minimum atomic E-state index is -0.149. The first-order valence-corrected chi connectivity index (χ1v) is 6.35. The van der Waals surface area contributed by atoms with Gasteiger partial charge < -0.3 is 5.32 Å². The fraction of sp³-hybridized carbons (Fsp3) is 0.467. The largest absolute Gasteiger partial charge is 0.314 e. The Balaban J connectivity index is 2.50. The highest BCUT2D eigenvalue weighted by Crippen LogP contribution is 2.10. The molecule has 0 bridgehead atoms. The lowest BCUT2D eigenvalue weighted by atomic mass is 10.0. The van der Waals surface area contributed by atoms with Crippen LogP contribution < -0.4 is 5.32 Å². The zero-order valence-electron chi connectivity index (χ0n) is 10.6. The van der Waals surface area contributed by atoms with E-state index < -0.39 is 0 Å². The van der Waals surface area contributed by atoms with E-state index in [4.69, 9.17) is 0 Å². The summed E-state index contributed by atoms with van der Waals surface area (Å²) >= 11 is 0.